The number of thiophene rings is 1. The van der Waals surface area contributed by atoms with Crippen molar-refractivity contribution in [1.29, 1.82) is 0 Å². The second kappa shape index (κ2) is 5.28. The number of carbonyl (C=O) groups is 2. The summed E-state index contributed by atoms with van der Waals surface area (Å²) in [6, 6.07) is 3.57. The average molecular weight is 246 g/mol. The quantitative estimate of drug-likeness (QED) is 0.653. The van der Waals surface area contributed by atoms with Gasteiger partial charge in [-0.05, 0) is 19.1 Å². The Morgan fingerprint density at radius 3 is 2.73 bits per heavy atom. The Morgan fingerprint density at radius 2 is 2.20 bits per heavy atom. The van der Waals surface area contributed by atoms with Crippen LogP contribution in [0.25, 0.3) is 0 Å². The minimum Gasteiger partial charge on any atom is -0.351 e. The molecule has 0 fully saturated rings. The number of nitrogens with one attached hydrogen (secondary N) is 1. The lowest BCUT2D eigenvalue weighted by Gasteiger charge is -1.98. The molecule has 1 rings (SSSR count). The van der Waals surface area contributed by atoms with Gasteiger partial charge in [0.1, 0.15) is 0 Å². The predicted molar refractivity (Wildman–Crippen MR) is 61.5 cm³/mol. The van der Waals surface area contributed by atoms with Gasteiger partial charge in [0.05, 0.1) is 16.8 Å². The fourth-order valence-electron chi connectivity index (χ4n) is 1.01. The van der Waals surface area contributed by atoms with Gasteiger partial charge < -0.3 is 5.32 Å². The Bertz CT molecular complexity index is 373. The maximum absolute atomic E-state index is 11.5. The van der Waals surface area contributed by atoms with E-state index in [2.05, 4.69) is 5.32 Å². The Balaban J connectivity index is 2.64. The zero-order valence-corrected chi connectivity index (χ0v) is 10.1. The number of alkyl halides is 1. The van der Waals surface area contributed by atoms with Crippen molar-refractivity contribution in [3.8, 4) is 0 Å². The van der Waals surface area contributed by atoms with E-state index in [1.807, 2.05) is 6.07 Å². The third kappa shape index (κ3) is 3.64. The number of ketones is 1. The maximum Gasteiger partial charge on any atom is 0.217 e. The van der Waals surface area contributed by atoms with Crippen molar-refractivity contribution in [3.05, 3.63) is 21.9 Å². The van der Waals surface area contributed by atoms with E-state index in [1.165, 1.54) is 18.3 Å². The van der Waals surface area contributed by atoms with E-state index in [4.69, 9.17) is 11.6 Å². The molecular weight excluding hydrogens is 234 g/mol. The molecule has 0 unspecified atom stereocenters. The summed E-state index contributed by atoms with van der Waals surface area (Å²) < 4.78 is 0. The first kappa shape index (κ1) is 12.2. The monoisotopic (exact) mass is 245 g/mol. The van der Waals surface area contributed by atoms with Crippen LogP contribution >= 0.6 is 22.9 Å². The molecule has 1 N–H and O–H groups in total. The van der Waals surface area contributed by atoms with Crippen molar-refractivity contribution in [2.24, 2.45) is 0 Å². The van der Waals surface area contributed by atoms with E-state index in [1.54, 1.807) is 13.0 Å². The topological polar surface area (TPSA) is 46.2 Å². The molecule has 1 heterocycles. The van der Waals surface area contributed by atoms with Gasteiger partial charge in [-0.3, -0.25) is 9.59 Å². The molecule has 5 heteroatoms. The van der Waals surface area contributed by atoms with Crippen LogP contribution in [0.15, 0.2) is 12.1 Å². The summed E-state index contributed by atoms with van der Waals surface area (Å²) in [6.45, 7) is 3.57. The molecular formula is C10H12ClNO2S. The van der Waals surface area contributed by atoms with Gasteiger partial charge in [-0.15, -0.1) is 22.9 Å². The zero-order chi connectivity index (χ0) is 11.4. The van der Waals surface area contributed by atoms with E-state index in [0.29, 0.717) is 11.4 Å². The van der Waals surface area contributed by atoms with Crippen LogP contribution in [0.4, 0.5) is 0 Å². The number of carbonyl (C=O) groups excluding carboxylic acids is 2. The molecule has 1 amide bonds. The number of hydrogen-bond acceptors (Lipinski definition) is 3. The minimum absolute atomic E-state index is 0.0734. The van der Waals surface area contributed by atoms with Crippen molar-refractivity contribution in [2.45, 2.75) is 25.8 Å². The van der Waals surface area contributed by atoms with Crippen LogP contribution in [-0.4, -0.2) is 17.1 Å². The number of hydrogen-bond donors (Lipinski definition) is 1. The van der Waals surface area contributed by atoms with Crippen LogP contribution in [0.2, 0.25) is 0 Å². The van der Waals surface area contributed by atoms with Gasteiger partial charge in [-0.2, -0.15) is 0 Å². The molecule has 15 heavy (non-hydrogen) atoms. The predicted octanol–water partition coefficient (Wildman–Crippen LogP) is 2.19. The van der Waals surface area contributed by atoms with Crippen molar-refractivity contribution in [1.82, 2.24) is 5.32 Å². The highest BCUT2D eigenvalue weighted by molar-refractivity contribution is 7.14. The Kier molecular flexibility index (Phi) is 4.29. The van der Waals surface area contributed by atoms with Crippen molar-refractivity contribution >= 4 is 34.6 Å². The van der Waals surface area contributed by atoms with Gasteiger partial charge in [-0.25, -0.2) is 0 Å². The maximum atomic E-state index is 11.5. The summed E-state index contributed by atoms with van der Waals surface area (Å²) >= 11 is 7.05. The van der Waals surface area contributed by atoms with Crippen LogP contribution in [-0.2, 0) is 11.3 Å². The molecule has 0 radical (unpaired) electrons. The SMILES string of the molecule is CC(=O)NCc1ccc(C(=O)[C@H](C)Cl)s1. The standard InChI is InChI=1S/C10H12ClNO2S/c1-6(11)10(14)9-4-3-8(15-9)5-12-7(2)13/h3-4,6H,5H2,1-2H3,(H,12,13)/t6-/m0/s1. The van der Waals surface area contributed by atoms with E-state index in [9.17, 15) is 9.59 Å². The lowest BCUT2D eigenvalue weighted by Crippen LogP contribution is -2.18. The van der Waals surface area contributed by atoms with Crippen molar-refractivity contribution in [2.75, 3.05) is 0 Å². The van der Waals surface area contributed by atoms with Crippen molar-refractivity contribution < 1.29 is 9.59 Å². The van der Waals surface area contributed by atoms with E-state index >= 15 is 0 Å². The highest BCUT2D eigenvalue weighted by Gasteiger charge is 2.14. The molecule has 0 saturated carbocycles. The fourth-order valence-corrected chi connectivity index (χ4v) is 2.17. The molecule has 3 nitrogen and oxygen atoms in total. The van der Waals surface area contributed by atoms with E-state index in [0.717, 1.165) is 4.88 Å². The lowest BCUT2D eigenvalue weighted by molar-refractivity contribution is -0.119. The molecule has 0 aromatic carbocycles. The second-order valence-corrected chi connectivity index (χ2v) is 4.98. The Labute approximate surface area is 97.4 Å². The van der Waals surface area contributed by atoms with E-state index < -0.39 is 5.38 Å². The molecule has 0 aliphatic carbocycles. The fraction of sp³-hybridized carbons (Fsp3) is 0.400. The van der Waals surface area contributed by atoms with Crippen LogP contribution in [0.3, 0.4) is 0 Å². The molecule has 1 atom stereocenters. The normalized spacial score (nSPS) is 12.2. The summed E-state index contributed by atoms with van der Waals surface area (Å²) in [6.07, 6.45) is 0. The molecule has 0 aliphatic rings. The van der Waals surface area contributed by atoms with Crippen molar-refractivity contribution in [3.63, 3.8) is 0 Å². The molecule has 0 bridgehead atoms. The van der Waals surface area contributed by atoms with Gasteiger partial charge in [0, 0.05) is 11.8 Å². The summed E-state index contributed by atoms with van der Waals surface area (Å²) in [5, 5.41) is 2.17. The summed E-state index contributed by atoms with van der Waals surface area (Å²) in [7, 11) is 0. The van der Waals surface area contributed by atoms with Crippen LogP contribution in [0, 0.1) is 0 Å². The summed E-state index contributed by atoms with van der Waals surface area (Å²) in [4.78, 5) is 23.7. The van der Waals surface area contributed by atoms with Crippen LogP contribution in [0.1, 0.15) is 28.4 Å². The first-order valence-electron chi connectivity index (χ1n) is 4.52. The average Bonchev–Trinajstić information content (AvgIpc) is 2.61. The third-order valence-electron chi connectivity index (χ3n) is 1.78. The zero-order valence-electron chi connectivity index (χ0n) is 8.54. The molecule has 0 aliphatic heterocycles. The Hall–Kier alpha value is -0.870. The molecule has 1 aromatic rings. The second-order valence-electron chi connectivity index (χ2n) is 3.16. The highest BCUT2D eigenvalue weighted by Crippen LogP contribution is 2.19. The smallest absolute Gasteiger partial charge is 0.217 e. The van der Waals surface area contributed by atoms with Crippen LogP contribution < -0.4 is 5.32 Å². The number of Topliss-reactive ketones (excluding diaryl/α,β-unsaturated/α-hetero) is 1. The summed E-state index contributed by atoms with van der Waals surface area (Å²) in [5.41, 5.74) is 0. The number of amides is 1. The first-order chi connectivity index (χ1) is 7.00. The molecule has 0 spiro atoms. The van der Waals surface area contributed by atoms with Crippen LogP contribution in [0.5, 0.6) is 0 Å². The number of halogens is 1. The number of rotatable bonds is 4. The Morgan fingerprint density at radius 1 is 1.53 bits per heavy atom. The highest BCUT2D eigenvalue weighted by atomic mass is 35.5. The first-order valence-corrected chi connectivity index (χ1v) is 5.77. The lowest BCUT2D eigenvalue weighted by atomic mass is 10.2. The van der Waals surface area contributed by atoms with E-state index in [-0.39, 0.29) is 11.7 Å². The largest absolute Gasteiger partial charge is 0.351 e. The minimum atomic E-state index is -0.503. The third-order valence-corrected chi connectivity index (χ3v) is 3.08. The van der Waals surface area contributed by atoms with Gasteiger partial charge in [0.15, 0.2) is 5.78 Å². The van der Waals surface area contributed by atoms with Gasteiger partial charge >= 0.3 is 0 Å². The summed E-state index contributed by atoms with van der Waals surface area (Å²) in [5.74, 6) is -0.155. The molecule has 82 valence electrons. The molecule has 1 aromatic heterocycles. The van der Waals surface area contributed by atoms with Gasteiger partial charge in [-0.1, -0.05) is 0 Å². The molecule has 0 saturated heterocycles. The van der Waals surface area contributed by atoms with Gasteiger partial charge in [0.2, 0.25) is 5.91 Å². The van der Waals surface area contributed by atoms with Gasteiger partial charge in [0.25, 0.3) is 0 Å².